The average Bonchev–Trinajstić information content (AvgIpc) is 3.66. The van der Waals surface area contributed by atoms with E-state index in [9.17, 15) is 0 Å². The van der Waals surface area contributed by atoms with Gasteiger partial charge < -0.3 is 19.5 Å². The largest absolute Gasteiger partial charge is 0.457 e. The second-order valence-corrected chi connectivity index (χ2v) is 9.62. The molecule has 1 aliphatic heterocycles. The average molecular weight is 481 g/mol. The van der Waals surface area contributed by atoms with Crippen molar-refractivity contribution in [2.24, 2.45) is 0 Å². The van der Waals surface area contributed by atoms with E-state index in [1.54, 1.807) is 0 Å². The minimum absolute atomic E-state index is 0.000875. The summed E-state index contributed by atoms with van der Waals surface area (Å²) in [5.41, 5.74) is 3.25. The number of hydrogen-bond acceptors (Lipinski definition) is 3. The molecule has 3 heterocycles. The number of anilines is 1. The Hall–Kier alpha value is -3.64. The van der Waals surface area contributed by atoms with Gasteiger partial charge >= 0.3 is 0 Å². The number of rotatable bonds is 6. The molecule has 6 rings (SSSR count). The summed E-state index contributed by atoms with van der Waals surface area (Å²) in [4.78, 5) is 6.89. The number of hydrogen-bond donors (Lipinski definition) is 1. The van der Waals surface area contributed by atoms with Gasteiger partial charge in [-0.1, -0.05) is 37.1 Å². The van der Waals surface area contributed by atoms with E-state index in [0.717, 1.165) is 22.9 Å². The summed E-state index contributed by atoms with van der Waals surface area (Å²) >= 11 is 5.88. The zero-order valence-corrected chi connectivity index (χ0v) is 20.3. The number of nitrogens with one attached hydrogen (secondary N) is 1. The summed E-state index contributed by atoms with van der Waals surface area (Å²) in [6.45, 7) is 0. The molecule has 0 spiro atoms. The van der Waals surface area contributed by atoms with Crippen LogP contribution in [0.15, 0.2) is 97.5 Å². The number of para-hydroxylation sites is 1. The summed E-state index contributed by atoms with van der Waals surface area (Å²) < 4.78 is 8.40. The minimum atomic E-state index is -0.0385. The monoisotopic (exact) mass is 480 g/mol. The topological polar surface area (TPSA) is 42.3 Å². The maximum Gasteiger partial charge on any atom is 0.174 e. The molecule has 2 atom stereocenters. The molecule has 6 heteroatoms. The first-order chi connectivity index (χ1) is 17.3. The van der Waals surface area contributed by atoms with Crippen molar-refractivity contribution in [2.75, 3.05) is 4.90 Å². The SMILES string of the molecule is S=C1N[C@H](c2ccccn2)[C@@H](c2ccn(C3CCCC3)c2)N1c1ccc(Oc2ccccc2)cc1. The first kappa shape index (κ1) is 21.9. The van der Waals surface area contributed by atoms with Crippen molar-refractivity contribution in [2.45, 2.75) is 43.8 Å². The molecule has 1 N–H and O–H groups in total. The van der Waals surface area contributed by atoms with Gasteiger partial charge in [0.25, 0.3) is 0 Å². The zero-order valence-electron chi connectivity index (χ0n) is 19.5. The molecule has 0 unspecified atom stereocenters. The lowest BCUT2D eigenvalue weighted by atomic mass is 9.98. The summed E-state index contributed by atoms with van der Waals surface area (Å²) in [6, 6.07) is 26.8. The van der Waals surface area contributed by atoms with Gasteiger partial charge in [0.05, 0.1) is 17.8 Å². The normalized spacial score (nSPS) is 20.2. The number of aromatic nitrogens is 2. The van der Waals surface area contributed by atoms with E-state index in [1.165, 1.54) is 31.2 Å². The molecule has 2 aromatic carbocycles. The highest BCUT2D eigenvalue weighted by Gasteiger charge is 2.41. The fourth-order valence-electron chi connectivity index (χ4n) is 5.31. The van der Waals surface area contributed by atoms with Crippen molar-refractivity contribution in [3.8, 4) is 11.5 Å². The third-order valence-corrected chi connectivity index (χ3v) is 7.33. The van der Waals surface area contributed by atoms with E-state index in [1.807, 2.05) is 60.8 Å². The first-order valence-electron chi connectivity index (χ1n) is 12.3. The molecule has 2 aliphatic rings. The Labute approximate surface area is 211 Å². The van der Waals surface area contributed by atoms with Gasteiger partial charge in [0.15, 0.2) is 5.11 Å². The Bertz CT molecular complexity index is 1280. The second-order valence-electron chi connectivity index (χ2n) is 9.24. The predicted octanol–water partition coefficient (Wildman–Crippen LogP) is 6.97. The fraction of sp³-hybridized carbons (Fsp3) is 0.241. The summed E-state index contributed by atoms with van der Waals surface area (Å²) in [5, 5.41) is 4.26. The Morgan fingerprint density at radius 1 is 0.857 bits per heavy atom. The Balaban J connectivity index is 1.33. The molecular formula is C29H28N4OS. The lowest BCUT2D eigenvalue weighted by Crippen LogP contribution is -2.29. The van der Waals surface area contributed by atoms with Crippen LogP contribution in [0.5, 0.6) is 11.5 Å². The Kier molecular flexibility index (Phi) is 5.96. The molecule has 0 bridgehead atoms. The Morgan fingerprint density at radius 3 is 2.34 bits per heavy atom. The van der Waals surface area contributed by atoms with Gasteiger partial charge in [0, 0.05) is 30.3 Å². The van der Waals surface area contributed by atoms with Crippen LogP contribution in [-0.4, -0.2) is 14.7 Å². The van der Waals surface area contributed by atoms with Crippen molar-refractivity contribution in [1.29, 1.82) is 0 Å². The van der Waals surface area contributed by atoms with Crippen LogP contribution in [-0.2, 0) is 0 Å². The van der Waals surface area contributed by atoms with Crippen LogP contribution in [0, 0.1) is 0 Å². The van der Waals surface area contributed by atoms with Crippen LogP contribution in [0.1, 0.15) is 55.1 Å². The van der Waals surface area contributed by atoms with Gasteiger partial charge in [-0.05, 0) is 85.2 Å². The number of ether oxygens (including phenoxy) is 1. The van der Waals surface area contributed by atoms with Crippen LogP contribution in [0.4, 0.5) is 5.69 Å². The third-order valence-electron chi connectivity index (χ3n) is 7.02. The Morgan fingerprint density at radius 2 is 1.60 bits per heavy atom. The van der Waals surface area contributed by atoms with E-state index in [0.29, 0.717) is 11.2 Å². The van der Waals surface area contributed by atoms with Gasteiger partial charge in [-0.2, -0.15) is 0 Å². The van der Waals surface area contributed by atoms with E-state index in [-0.39, 0.29) is 12.1 Å². The number of thiocarbonyl (C=S) groups is 1. The van der Waals surface area contributed by atoms with Crippen molar-refractivity contribution in [1.82, 2.24) is 14.9 Å². The van der Waals surface area contributed by atoms with Gasteiger partial charge in [0.1, 0.15) is 11.5 Å². The summed E-state index contributed by atoms with van der Waals surface area (Å²) in [6.07, 6.45) is 11.5. The highest BCUT2D eigenvalue weighted by Crippen LogP contribution is 2.43. The van der Waals surface area contributed by atoms with Gasteiger partial charge in [-0.25, -0.2) is 0 Å². The predicted molar refractivity (Wildman–Crippen MR) is 143 cm³/mol. The molecule has 0 radical (unpaired) electrons. The smallest absolute Gasteiger partial charge is 0.174 e. The van der Waals surface area contributed by atoms with E-state index in [4.69, 9.17) is 17.0 Å². The molecule has 5 nitrogen and oxygen atoms in total. The van der Waals surface area contributed by atoms with Crippen molar-refractivity contribution in [3.63, 3.8) is 0 Å². The number of pyridine rings is 1. The number of nitrogens with zero attached hydrogens (tertiary/aromatic N) is 3. The van der Waals surface area contributed by atoms with Gasteiger partial charge in [0.2, 0.25) is 0 Å². The van der Waals surface area contributed by atoms with Gasteiger partial charge in [-0.15, -0.1) is 0 Å². The zero-order chi connectivity index (χ0) is 23.6. The molecule has 1 saturated carbocycles. The summed E-state index contributed by atoms with van der Waals surface area (Å²) in [7, 11) is 0. The highest BCUT2D eigenvalue weighted by atomic mass is 32.1. The van der Waals surface area contributed by atoms with E-state index in [2.05, 4.69) is 56.4 Å². The lowest BCUT2D eigenvalue weighted by Gasteiger charge is -2.27. The maximum atomic E-state index is 6.00. The molecule has 2 aromatic heterocycles. The molecule has 2 fully saturated rings. The standard InChI is InChI=1S/C29H28N4OS/c35-29-31-27(26-12-6-7-18-30-26)28(21-17-19-32(20-21)22-8-4-5-9-22)33(29)23-13-15-25(16-14-23)34-24-10-2-1-3-11-24/h1-3,6-7,10-20,22,27-28H,4-5,8-9H2,(H,31,35)/t27-,28-/m1/s1. The maximum absolute atomic E-state index is 6.00. The van der Waals surface area contributed by atoms with Crippen molar-refractivity contribution >= 4 is 23.0 Å². The number of benzene rings is 2. The van der Waals surface area contributed by atoms with Crippen LogP contribution < -0.4 is 15.0 Å². The van der Waals surface area contributed by atoms with Crippen molar-refractivity contribution in [3.05, 3.63) is 109 Å². The van der Waals surface area contributed by atoms with Crippen LogP contribution >= 0.6 is 12.2 Å². The minimum Gasteiger partial charge on any atom is -0.457 e. The van der Waals surface area contributed by atoms with E-state index >= 15 is 0 Å². The van der Waals surface area contributed by atoms with Crippen LogP contribution in [0.3, 0.4) is 0 Å². The fourth-order valence-corrected chi connectivity index (χ4v) is 5.65. The van der Waals surface area contributed by atoms with Crippen LogP contribution in [0.2, 0.25) is 0 Å². The molecule has 0 amide bonds. The molecule has 1 aliphatic carbocycles. The van der Waals surface area contributed by atoms with E-state index < -0.39 is 0 Å². The third kappa shape index (κ3) is 4.42. The summed E-state index contributed by atoms with van der Waals surface area (Å²) in [5.74, 6) is 1.61. The molecular weight excluding hydrogens is 452 g/mol. The second kappa shape index (κ2) is 9.55. The molecule has 4 aromatic rings. The van der Waals surface area contributed by atoms with Crippen LogP contribution in [0.25, 0.3) is 0 Å². The quantitative estimate of drug-likeness (QED) is 0.302. The highest BCUT2D eigenvalue weighted by molar-refractivity contribution is 7.80. The lowest BCUT2D eigenvalue weighted by molar-refractivity contribution is 0.482. The first-order valence-corrected chi connectivity index (χ1v) is 12.7. The van der Waals surface area contributed by atoms with Crippen molar-refractivity contribution < 1.29 is 4.74 Å². The molecule has 35 heavy (non-hydrogen) atoms. The molecule has 176 valence electrons. The molecule has 1 saturated heterocycles. The van der Waals surface area contributed by atoms with Gasteiger partial charge in [-0.3, -0.25) is 4.98 Å².